The summed E-state index contributed by atoms with van der Waals surface area (Å²) in [6.07, 6.45) is 0.988. The Kier molecular flexibility index (Phi) is 2.40. The first-order chi connectivity index (χ1) is 8.26. The van der Waals surface area contributed by atoms with Crippen molar-refractivity contribution in [2.45, 2.75) is 12.5 Å². The number of anilines is 1. The van der Waals surface area contributed by atoms with Crippen molar-refractivity contribution >= 4 is 17.1 Å². The molecule has 1 atom stereocenters. The Morgan fingerprint density at radius 2 is 2.41 bits per heavy atom. The van der Waals surface area contributed by atoms with E-state index in [9.17, 15) is 0 Å². The number of hydrogen-bond donors (Lipinski definition) is 1. The highest BCUT2D eigenvalue weighted by Gasteiger charge is 2.23. The topological polar surface area (TPSA) is 64.5 Å². The Balaban J connectivity index is 1.96. The van der Waals surface area contributed by atoms with E-state index in [0.717, 1.165) is 36.4 Å². The molecule has 17 heavy (non-hydrogen) atoms. The standard InChI is InChI=1S/C12H15N3O2/c1-16-9-2-3-11-10(6-9)14-12(17-11)15-5-4-8(13)7-15/h2-3,6,8H,4-5,7,13H2,1H3. The van der Waals surface area contributed by atoms with Crippen LogP contribution in [0.25, 0.3) is 11.1 Å². The number of oxazole rings is 1. The molecule has 1 aromatic carbocycles. The largest absolute Gasteiger partial charge is 0.497 e. The number of hydrogen-bond acceptors (Lipinski definition) is 5. The van der Waals surface area contributed by atoms with Gasteiger partial charge in [-0.05, 0) is 18.6 Å². The molecule has 3 rings (SSSR count). The fourth-order valence-electron chi connectivity index (χ4n) is 2.12. The lowest BCUT2D eigenvalue weighted by atomic mass is 10.3. The third kappa shape index (κ3) is 1.82. The molecule has 0 amide bonds. The molecule has 0 radical (unpaired) electrons. The molecule has 2 N–H and O–H groups in total. The highest BCUT2D eigenvalue weighted by Crippen LogP contribution is 2.27. The molecule has 90 valence electrons. The van der Waals surface area contributed by atoms with Crippen LogP contribution in [0.3, 0.4) is 0 Å². The van der Waals surface area contributed by atoms with Gasteiger partial charge in [0.05, 0.1) is 7.11 Å². The fraction of sp³-hybridized carbons (Fsp3) is 0.417. The zero-order chi connectivity index (χ0) is 11.8. The summed E-state index contributed by atoms with van der Waals surface area (Å²) in [5, 5.41) is 0. The van der Waals surface area contributed by atoms with Crippen molar-refractivity contribution in [1.29, 1.82) is 0 Å². The smallest absolute Gasteiger partial charge is 0.298 e. The number of aromatic nitrogens is 1. The van der Waals surface area contributed by atoms with E-state index in [-0.39, 0.29) is 6.04 Å². The second-order valence-corrected chi connectivity index (χ2v) is 4.32. The van der Waals surface area contributed by atoms with E-state index in [0.29, 0.717) is 6.01 Å². The number of methoxy groups -OCH3 is 1. The van der Waals surface area contributed by atoms with Crippen LogP contribution in [0.5, 0.6) is 5.75 Å². The number of nitrogens with zero attached hydrogens (tertiary/aromatic N) is 2. The molecule has 1 aromatic heterocycles. The maximum absolute atomic E-state index is 5.87. The van der Waals surface area contributed by atoms with Crippen molar-refractivity contribution in [3.63, 3.8) is 0 Å². The lowest BCUT2D eigenvalue weighted by Crippen LogP contribution is -2.26. The molecule has 0 bridgehead atoms. The van der Waals surface area contributed by atoms with Crippen molar-refractivity contribution in [3.8, 4) is 5.75 Å². The molecule has 1 aliphatic rings. The summed E-state index contributed by atoms with van der Waals surface area (Å²) in [6, 6.07) is 6.49. The summed E-state index contributed by atoms with van der Waals surface area (Å²) in [7, 11) is 1.64. The van der Waals surface area contributed by atoms with Gasteiger partial charge in [-0.15, -0.1) is 0 Å². The molecule has 1 saturated heterocycles. The Bertz CT molecular complexity index is 538. The van der Waals surface area contributed by atoms with Crippen molar-refractivity contribution < 1.29 is 9.15 Å². The van der Waals surface area contributed by atoms with Crippen LogP contribution in [0.1, 0.15) is 6.42 Å². The van der Waals surface area contributed by atoms with Crippen LogP contribution in [0, 0.1) is 0 Å². The van der Waals surface area contributed by atoms with E-state index in [2.05, 4.69) is 9.88 Å². The van der Waals surface area contributed by atoms with Crippen molar-refractivity contribution in [2.75, 3.05) is 25.1 Å². The second kappa shape index (κ2) is 3.92. The minimum atomic E-state index is 0.222. The third-order valence-corrected chi connectivity index (χ3v) is 3.08. The van der Waals surface area contributed by atoms with E-state index in [1.54, 1.807) is 7.11 Å². The van der Waals surface area contributed by atoms with Crippen LogP contribution in [-0.4, -0.2) is 31.2 Å². The van der Waals surface area contributed by atoms with Gasteiger partial charge in [0.2, 0.25) is 0 Å². The highest BCUT2D eigenvalue weighted by molar-refractivity contribution is 5.76. The zero-order valence-corrected chi connectivity index (χ0v) is 9.72. The monoisotopic (exact) mass is 233 g/mol. The van der Waals surface area contributed by atoms with E-state index < -0.39 is 0 Å². The van der Waals surface area contributed by atoms with E-state index >= 15 is 0 Å². The number of nitrogens with two attached hydrogens (primary N) is 1. The van der Waals surface area contributed by atoms with Crippen LogP contribution in [0.15, 0.2) is 22.6 Å². The Labute approximate surface area is 99.2 Å². The molecule has 0 spiro atoms. The van der Waals surface area contributed by atoms with E-state index in [1.165, 1.54) is 0 Å². The molecule has 2 heterocycles. The van der Waals surface area contributed by atoms with Gasteiger partial charge in [0.15, 0.2) is 5.58 Å². The maximum atomic E-state index is 5.87. The number of rotatable bonds is 2. The summed E-state index contributed by atoms with van der Waals surface area (Å²) < 4.78 is 10.9. The van der Waals surface area contributed by atoms with Gasteiger partial charge in [0.1, 0.15) is 11.3 Å². The molecule has 2 aromatic rings. The van der Waals surface area contributed by atoms with Crippen molar-refractivity contribution in [1.82, 2.24) is 4.98 Å². The first kappa shape index (κ1) is 10.4. The number of fused-ring (bicyclic) bond motifs is 1. The minimum absolute atomic E-state index is 0.222. The lowest BCUT2D eigenvalue weighted by molar-refractivity contribution is 0.415. The normalized spacial score (nSPS) is 20.1. The van der Waals surface area contributed by atoms with Crippen LogP contribution in [0.2, 0.25) is 0 Å². The van der Waals surface area contributed by atoms with Gasteiger partial charge in [-0.25, -0.2) is 0 Å². The molecular weight excluding hydrogens is 218 g/mol. The predicted molar refractivity (Wildman–Crippen MR) is 65.4 cm³/mol. The molecular formula is C12H15N3O2. The molecule has 5 nitrogen and oxygen atoms in total. The quantitative estimate of drug-likeness (QED) is 0.848. The van der Waals surface area contributed by atoms with Gasteiger partial charge in [0.25, 0.3) is 6.01 Å². The highest BCUT2D eigenvalue weighted by atomic mass is 16.5. The Morgan fingerprint density at radius 3 is 3.12 bits per heavy atom. The van der Waals surface area contributed by atoms with Gasteiger partial charge in [-0.3, -0.25) is 0 Å². The summed E-state index contributed by atoms with van der Waals surface area (Å²) in [5.41, 5.74) is 7.47. The summed E-state index contributed by atoms with van der Waals surface area (Å²) >= 11 is 0. The van der Waals surface area contributed by atoms with Crippen LogP contribution in [-0.2, 0) is 0 Å². The Morgan fingerprint density at radius 1 is 1.53 bits per heavy atom. The molecule has 1 fully saturated rings. The Hall–Kier alpha value is -1.75. The summed E-state index contributed by atoms with van der Waals surface area (Å²) in [4.78, 5) is 6.54. The molecule has 0 aliphatic carbocycles. The third-order valence-electron chi connectivity index (χ3n) is 3.08. The van der Waals surface area contributed by atoms with Gasteiger partial charge >= 0.3 is 0 Å². The van der Waals surface area contributed by atoms with Crippen LogP contribution in [0.4, 0.5) is 6.01 Å². The maximum Gasteiger partial charge on any atom is 0.298 e. The summed E-state index contributed by atoms with van der Waals surface area (Å²) in [6.45, 7) is 1.72. The number of ether oxygens (including phenoxy) is 1. The van der Waals surface area contributed by atoms with Crippen molar-refractivity contribution in [3.05, 3.63) is 18.2 Å². The number of benzene rings is 1. The second-order valence-electron chi connectivity index (χ2n) is 4.32. The van der Waals surface area contributed by atoms with Crippen molar-refractivity contribution in [2.24, 2.45) is 5.73 Å². The van der Waals surface area contributed by atoms with E-state index in [4.69, 9.17) is 14.9 Å². The average Bonchev–Trinajstić information content (AvgIpc) is 2.93. The SMILES string of the molecule is COc1ccc2oc(N3CCC(N)C3)nc2c1. The van der Waals surface area contributed by atoms with Gasteiger partial charge in [0, 0.05) is 25.2 Å². The van der Waals surface area contributed by atoms with Gasteiger partial charge < -0.3 is 19.8 Å². The van der Waals surface area contributed by atoms with Gasteiger partial charge in [-0.1, -0.05) is 0 Å². The average molecular weight is 233 g/mol. The van der Waals surface area contributed by atoms with Crippen LogP contribution >= 0.6 is 0 Å². The fourth-order valence-corrected chi connectivity index (χ4v) is 2.12. The molecule has 5 heteroatoms. The minimum Gasteiger partial charge on any atom is -0.497 e. The van der Waals surface area contributed by atoms with Gasteiger partial charge in [-0.2, -0.15) is 4.98 Å². The summed E-state index contributed by atoms with van der Waals surface area (Å²) in [5.74, 6) is 0.787. The zero-order valence-electron chi connectivity index (χ0n) is 9.72. The first-order valence-corrected chi connectivity index (χ1v) is 5.71. The molecule has 1 aliphatic heterocycles. The lowest BCUT2D eigenvalue weighted by Gasteiger charge is -2.11. The molecule has 0 saturated carbocycles. The molecule has 1 unspecified atom stereocenters. The first-order valence-electron chi connectivity index (χ1n) is 5.71. The van der Waals surface area contributed by atoms with Crippen LogP contribution < -0.4 is 15.4 Å². The van der Waals surface area contributed by atoms with E-state index in [1.807, 2.05) is 18.2 Å². The predicted octanol–water partition coefficient (Wildman–Crippen LogP) is 1.37.